The molecule has 1 aromatic carbocycles. The van der Waals surface area contributed by atoms with Crippen molar-refractivity contribution in [2.24, 2.45) is 16.9 Å². The van der Waals surface area contributed by atoms with Crippen LogP contribution in [0.25, 0.3) is 0 Å². The topological polar surface area (TPSA) is 59.9 Å². The second-order valence-corrected chi connectivity index (χ2v) is 6.73. The molecule has 0 bridgehead atoms. The monoisotopic (exact) mass is 314 g/mol. The van der Waals surface area contributed by atoms with Crippen LogP contribution in [0.3, 0.4) is 0 Å². The Labute approximate surface area is 136 Å². The molecule has 2 saturated carbocycles. The van der Waals surface area contributed by atoms with Crippen molar-refractivity contribution >= 4 is 11.6 Å². The maximum Gasteiger partial charge on any atom is 0.271 e. The van der Waals surface area contributed by atoms with Gasteiger partial charge >= 0.3 is 0 Å². The number of carbonyl (C=O) groups excluding carboxylic acids is 1. The summed E-state index contributed by atoms with van der Waals surface area (Å²) in [6.07, 6.45) is 8.71. The molecule has 1 N–H and O–H groups in total. The molecular formula is C18H22N2O3. The third kappa shape index (κ3) is 3.05. The Morgan fingerprint density at radius 1 is 1.09 bits per heavy atom. The summed E-state index contributed by atoms with van der Waals surface area (Å²) in [5, 5.41) is 4.39. The van der Waals surface area contributed by atoms with Gasteiger partial charge in [0.1, 0.15) is 0 Å². The number of hydrogen-bond donors (Lipinski definition) is 1. The van der Waals surface area contributed by atoms with E-state index in [1.54, 1.807) is 18.2 Å². The lowest BCUT2D eigenvalue weighted by atomic mass is 9.70. The SMILES string of the molecule is O=C(N/N=C1\CC[C@H]2CCCC[C@H]2C1)c1ccc2c(c1)OCO2. The van der Waals surface area contributed by atoms with Gasteiger partial charge in [0, 0.05) is 11.3 Å². The summed E-state index contributed by atoms with van der Waals surface area (Å²) >= 11 is 0. The molecule has 0 saturated heterocycles. The molecule has 4 rings (SSSR count). The first-order chi connectivity index (χ1) is 11.3. The van der Waals surface area contributed by atoms with Gasteiger partial charge in [-0.1, -0.05) is 19.3 Å². The maximum absolute atomic E-state index is 12.3. The van der Waals surface area contributed by atoms with Crippen LogP contribution in [0.2, 0.25) is 0 Å². The molecule has 0 spiro atoms. The van der Waals surface area contributed by atoms with Crippen LogP contribution in [-0.2, 0) is 0 Å². The average Bonchev–Trinajstić information content (AvgIpc) is 3.07. The van der Waals surface area contributed by atoms with Gasteiger partial charge in [-0.05, 0) is 55.7 Å². The number of hydrazone groups is 1. The Morgan fingerprint density at radius 3 is 2.83 bits per heavy atom. The van der Waals surface area contributed by atoms with Crippen molar-refractivity contribution in [2.75, 3.05) is 6.79 Å². The van der Waals surface area contributed by atoms with Gasteiger partial charge in [0.15, 0.2) is 11.5 Å². The molecule has 2 atom stereocenters. The quantitative estimate of drug-likeness (QED) is 0.850. The molecular weight excluding hydrogens is 292 g/mol. The lowest BCUT2D eigenvalue weighted by Gasteiger charge is -2.35. The van der Waals surface area contributed by atoms with Crippen LogP contribution < -0.4 is 14.9 Å². The van der Waals surface area contributed by atoms with Gasteiger partial charge in [-0.3, -0.25) is 4.79 Å². The summed E-state index contributed by atoms with van der Waals surface area (Å²) in [6, 6.07) is 5.20. The van der Waals surface area contributed by atoms with E-state index in [9.17, 15) is 4.79 Å². The zero-order chi connectivity index (χ0) is 15.6. The lowest BCUT2D eigenvalue weighted by Crippen LogP contribution is -2.29. The summed E-state index contributed by atoms with van der Waals surface area (Å²) in [5.41, 5.74) is 4.40. The van der Waals surface area contributed by atoms with Crippen LogP contribution in [0.4, 0.5) is 0 Å². The van der Waals surface area contributed by atoms with E-state index in [4.69, 9.17) is 9.47 Å². The summed E-state index contributed by atoms with van der Waals surface area (Å²) < 4.78 is 10.6. The highest BCUT2D eigenvalue weighted by atomic mass is 16.7. The first kappa shape index (κ1) is 14.5. The predicted octanol–water partition coefficient (Wildman–Crippen LogP) is 3.49. The molecule has 0 unspecified atom stereocenters. The molecule has 1 aromatic rings. The molecule has 23 heavy (non-hydrogen) atoms. The largest absolute Gasteiger partial charge is 0.454 e. The Bertz CT molecular complexity index is 641. The van der Waals surface area contributed by atoms with E-state index >= 15 is 0 Å². The molecule has 1 amide bonds. The maximum atomic E-state index is 12.3. The summed E-state index contributed by atoms with van der Waals surface area (Å²) in [4.78, 5) is 12.3. The van der Waals surface area contributed by atoms with Crippen molar-refractivity contribution in [3.05, 3.63) is 23.8 Å². The normalized spacial score (nSPS) is 27.6. The van der Waals surface area contributed by atoms with Crippen LogP contribution in [0.5, 0.6) is 11.5 Å². The molecule has 1 aliphatic heterocycles. The van der Waals surface area contributed by atoms with Crippen LogP contribution in [0, 0.1) is 11.8 Å². The standard InChI is InChI=1S/C18H22N2O3/c21-18(14-6-8-16-17(10-14)23-11-22-16)20-19-15-7-5-12-3-1-2-4-13(12)9-15/h6,8,10,12-13H,1-5,7,9,11H2,(H,20,21)/b19-15+/t12-,13+/m1/s1. The van der Waals surface area contributed by atoms with Crippen molar-refractivity contribution in [3.8, 4) is 11.5 Å². The smallest absolute Gasteiger partial charge is 0.271 e. The Hall–Kier alpha value is -2.04. The number of carbonyl (C=O) groups is 1. The Morgan fingerprint density at radius 2 is 1.91 bits per heavy atom. The van der Waals surface area contributed by atoms with Crippen molar-refractivity contribution in [2.45, 2.75) is 44.9 Å². The van der Waals surface area contributed by atoms with Crippen molar-refractivity contribution < 1.29 is 14.3 Å². The van der Waals surface area contributed by atoms with E-state index in [1.807, 2.05) is 0 Å². The van der Waals surface area contributed by atoms with E-state index < -0.39 is 0 Å². The number of nitrogens with zero attached hydrogens (tertiary/aromatic N) is 1. The number of ether oxygens (including phenoxy) is 2. The third-order valence-corrected chi connectivity index (χ3v) is 5.32. The van der Waals surface area contributed by atoms with Crippen LogP contribution in [-0.4, -0.2) is 18.4 Å². The van der Waals surface area contributed by atoms with Gasteiger partial charge in [0.2, 0.25) is 6.79 Å². The molecule has 0 aromatic heterocycles. The molecule has 3 aliphatic rings. The highest BCUT2D eigenvalue weighted by Crippen LogP contribution is 2.39. The van der Waals surface area contributed by atoms with Crippen molar-refractivity contribution in [3.63, 3.8) is 0 Å². The molecule has 1 heterocycles. The molecule has 2 aliphatic carbocycles. The summed E-state index contributed by atoms with van der Waals surface area (Å²) in [7, 11) is 0. The minimum absolute atomic E-state index is 0.193. The second-order valence-electron chi connectivity index (χ2n) is 6.73. The number of nitrogens with one attached hydrogen (secondary N) is 1. The molecule has 122 valence electrons. The fourth-order valence-corrected chi connectivity index (χ4v) is 4.02. The Kier molecular flexibility index (Phi) is 3.93. The molecule has 5 heteroatoms. The van der Waals surface area contributed by atoms with E-state index in [0.717, 1.165) is 30.4 Å². The highest BCUT2D eigenvalue weighted by Gasteiger charge is 2.30. The number of fused-ring (bicyclic) bond motifs is 2. The van der Waals surface area contributed by atoms with E-state index in [-0.39, 0.29) is 12.7 Å². The molecule has 5 nitrogen and oxygen atoms in total. The number of amides is 1. The number of rotatable bonds is 2. The van der Waals surface area contributed by atoms with Crippen molar-refractivity contribution in [1.82, 2.24) is 5.43 Å². The fraction of sp³-hybridized carbons (Fsp3) is 0.556. The van der Waals surface area contributed by atoms with Gasteiger partial charge in [-0.2, -0.15) is 5.10 Å². The zero-order valence-electron chi connectivity index (χ0n) is 13.2. The van der Waals surface area contributed by atoms with Gasteiger partial charge < -0.3 is 9.47 Å². The van der Waals surface area contributed by atoms with Gasteiger partial charge in [-0.25, -0.2) is 5.43 Å². The first-order valence-corrected chi connectivity index (χ1v) is 8.55. The fourth-order valence-electron chi connectivity index (χ4n) is 4.02. The van der Waals surface area contributed by atoms with E-state index in [0.29, 0.717) is 17.1 Å². The van der Waals surface area contributed by atoms with Crippen LogP contribution in [0.1, 0.15) is 55.3 Å². The lowest BCUT2D eigenvalue weighted by molar-refractivity contribution is 0.0953. The minimum Gasteiger partial charge on any atom is -0.454 e. The number of benzene rings is 1. The van der Waals surface area contributed by atoms with Gasteiger partial charge in [-0.15, -0.1) is 0 Å². The van der Waals surface area contributed by atoms with Crippen LogP contribution in [0.15, 0.2) is 23.3 Å². The minimum atomic E-state index is -0.193. The Balaban J connectivity index is 1.39. The van der Waals surface area contributed by atoms with E-state index in [2.05, 4.69) is 10.5 Å². The van der Waals surface area contributed by atoms with E-state index in [1.165, 1.54) is 32.1 Å². The molecule has 2 fully saturated rings. The molecule has 0 radical (unpaired) electrons. The number of hydrogen-bond acceptors (Lipinski definition) is 4. The predicted molar refractivity (Wildman–Crippen MR) is 86.8 cm³/mol. The zero-order valence-corrected chi connectivity index (χ0v) is 13.2. The highest BCUT2D eigenvalue weighted by molar-refractivity contribution is 5.96. The van der Waals surface area contributed by atoms with Crippen molar-refractivity contribution in [1.29, 1.82) is 0 Å². The van der Waals surface area contributed by atoms with Gasteiger partial charge in [0.25, 0.3) is 5.91 Å². The van der Waals surface area contributed by atoms with Gasteiger partial charge in [0.05, 0.1) is 0 Å². The third-order valence-electron chi connectivity index (χ3n) is 5.32. The average molecular weight is 314 g/mol. The summed E-state index contributed by atoms with van der Waals surface area (Å²) in [5.74, 6) is 2.77. The summed E-state index contributed by atoms with van der Waals surface area (Å²) in [6.45, 7) is 0.214. The van der Waals surface area contributed by atoms with Crippen LogP contribution >= 0.6 is 0 Å². The first-order valence-electron chi connectivity index (χ1n) is 8.55. The second kappa shape index (κ2) is 6.22.